The number of nitrogens with zero attached hydrogens (tertiary/aromatic N) is 1. The molecule has 5 nitrogen and oxygen atoms in total. The van der Waals surface area contributed by atoms with E-state index in [9.17, 15) is 9.90 Å². The van der Waals surface area contributed by atoms with Crippen LogP contribution in [0.3, 0.4) is 0 Å². The summed E-state index contributed by atoms with van der Waals surface area (Å²) >= 11 is 0. The molecule has 0 unspecified atom stereocenters. The third-order valence-electron chi connectivity index (χ3n) is 2.89. The van der Waals surface area contributed by atoms with E-state index in [0.717, 1.165) is 5.69 Å². The summed E-state index contributed by atoms with van der Waals surface area (Å²) in [5.41, 5.74) is -0.898. The molecule has 0 aliphatic rings. The first kappa shape index (κ1) is 12.7. The van der Waals surface area contributed by atoms with Crippen LogP contribution in [0.4, 0.5) is 0 Å². The maximum Gasteiger partial charge on any atom is 0.226 e. The Morgan fingerprint density at radius 3 is 2.56 bits per heavy atom. The molecule has 5 heteroatoms. The average Bonchev–Trinajstić information content (AvgIpc) is 2.52. The number of carbonyl (C=O) groups is 1. The van der Waals surface area contributed by atoms with E-state index in [4.69, 9.17) is 0 Å². The smallest absolute Gasteiger partial charge is 0.226 e. The van der Waals surface area contributed by atoms with Crippen LogP contribution in [0.1, 0.15) is 33.4 Å². The zero-order chi connectivity index (χ0) is 12.4. The molecule has 0 radical (unpaired) electrons. The van der Waals surface area contributed by atoms with Gasteiger partial charge in [0.25, 0.3) is 0 Å². The third-order valence-corrected chi connectivity index (χ3v) is 2.89. The molecule has 1 heterocycles. The van der Waals surface area contributed by atoms with Crippen molar-refractivity contribution in [3.05, 3.63) is 18.0 Å². The molecule has 1 aromatic rings. The van der Waals surface area contributed by atoms with Gasteiger partial charge in [-0.05, 0) is 33.8 Å². The number of hydrogen-bond acceptors (Lipinski definition) is 3. The second-order valence-corrected chi connectivity index (χ2v) is 4.99. The van der Waals surface area contributed by atoms with Crippen LogP contribution in [0.15, 0.2) is 12.3 Å². The Morgan fingerprint density at radius 1 is 1.50 bits per heavy atom. The van der Waals surface area contributed by atoms with E-state index < -0.39 is 11.1 Å². The molecule has 16 heavy (non-hydrogen) atoms. The molecule has 0 spiro atoms. The van der Waals surface area contributed by atoms with Gasteiger partial charge in [0.1, 0.15) is 0 Å². The van der Waals surface area contributed by atoms with E-state index in [1.54, 1.807) is 40.0 Å². The molecule has 1 amide bonds. The van der Waals surface area contributed by atoms with Crippen LogP contribution in [0, 0.1) is 0 Å². The maximum absolute atomic E-state index is 11.7. The maximum atomic E-state index is 11.7. The van der Waals surface area contributed by atoms with Gasteiger partial charge >= 0.3 is 0 Å². The largest absolute Gasteiger partial charge is 0.388 e. The van der Waals surface area contributed by atoms with Crippen molar-refractivity contribution < 1.29 is 9.90 Å². The van der Waals surface area contributed by atoms with Crippen molar-refractivity contribution in [2.45, 2.75) is 45.3 Å². The quantitative estimate of drug-likeness (QED) is 0.703. The number of hydrogen-bond donors (Lipinski definition) is 3. The molecule has 0 fully saturated rings. The highest BCUT2D eigenvalue weighted by atomic mass is 16.3. The summed E-state index contributed by atoms with van der Waals surface area (Å²) < 4.78 is 0. The minimum absolute atomic E-state index is 0.142. The Labute approximate surface area is 95.3 Å². The molecule has 90 valence electrons. The first-order chi connectivity index (χ1) is 7.22. The number of aliphatic hydroxyl groups is 1. The lowest BCUT2D eigenvalue weighted by Gasteiger charge is -2.37. The molecular formula is C11H19N3O2. The first-order valence-electron chi connectivity index (χ1n) is 5.24. The molecule has 1 rings (SSSR count). The van der Waals surface area contributed by atoms with E-state index in [1.807, 2.05) is 0 Å². The minimum Gasteiger partial charge on any atom is -0.388 e. The lowest BCUT2D eigenvalue weighted by molar-refractivity contribution is -0.125. The number of carbonyl (C=O) groups excluding carboxylic acids is 1. The van der Waals surface area contributed by atoms with Crippen molar-refractivity contribution in [2.24, 2.45) is 0 Å². The van der Waals surface area contributed by atoms with E-state index >= 15 is 0 Å². The molecule has 0 bridgehead atoms. The van der Waals surface area contributed by atoms with Crippen molar-refractivity contribution in [1.82, 2.24) is 15.5 Å². The van der Waals surface area contributed by atoms with Gasteiger partial charge in [-0.3, -0.25) is 9.89 Å². The van der Waals surface area contributed by atoms with Gasteiger partial charge in [0.15, 0.2) is 0 Å². The molecule has 0 atom stereocenters. The van der Waals surface area contributed by atoms with Crippen molar-refractivity contribution in [3.8, 4) is 0 Å². The fourth-order valence-electron chi connectivity index (χ4n) is 1.10. The van der Waals surface area contributed by atoms with Crippen LogP contribution in [0.25, 0.3) is 0 Å². The van der Waals surface area contributed by atoms with Gasteiger partial charge in [0.05, 0.1) is 17.6 Å². The standard InChI is InChI=1S/C11H19N3O2/c1-10(2,11(3,4)16)13-9(15)7-8-5-6-12-14-8/h5-6,16H,7H2,1-4H3,(H,12,14)(H,13,15). The van der Waals surface area contributed by atoms with Gasteiger partial charge < -0.3 is 10.4 Å². The van der Waals surface area contributed by atoms with E-state index in [-0.39, 0.29) is 12.3 Å². The summed E-state index contributed by atoms with van der Waals surface area (Å²) in [6.07, 6.45) is 1.84. The summed E-state index contributed by atoms with van der Waals surface area (Å²) in [6, 6.07) is 1.75. The number of aromatic nitrogens is 2. The van der Waals surface area contributed by atoms with Crippen LogP contribution in [-0.2, 0) is 11.2 Å². The third kappa shape index (κ3) is 3.06. The molecule has 3 N–H and O–H groups in total. The Morgan fingerprint density at radius 2 is 2.12 bits per heavy atom. The van der Waals surface area contributed by atoms with E-state index in [1.165, 1.54) is 0 Å². The van der Waals surface area contributed by atoms with Gasteiger partial charge in [-0.15, -0.1) is 0 Å². The predicted octanol–water partition coefficient (Wildman–Crippen LogP) is 0.618. The number of amides is 1. The first-order valence-corrected chi connectivity index (χ1v) is 5.24. The van der Waals surface area contributed by atoms with Crippen molar-refractivity contribution in [3.63, 3.8) is 0 Å². The molecule has 0 saturated heterocycles. The molecule has 0 aliphatic heterocycles. The van der Waals surface area contributed by atoms with Gasteiger partial charge in [-0.2, -0.15) is 5.10 Å². The normalized spacial score (nSPS) is 12.6. The van der Waals surface area contributed by atoms with Crippen LogP contribution >= 0.6 is 0 Å². The van der Waals surface area contributed by atoms with Gasteiger partial charge in [-0.1, -0.05) is 0 Å². The number of H-pyrrole nitrogens is 1. The fraction of sp³-hybridized carbons (Fsp3) is 0.636. The highest BCUT2D eigenvalue weighted by molar-refractivity contribution is 5.78. The van der Waals surface area contributed by atoms with Crippen LogP contribution in [0.2, 0.25) is 0 Å². The van der Waals surface area contributed by atoms with Crippen LogP contribution < -0.4 is 5.32 Å². The molecule has 1 aromatic heterocycles. The predicted molar refractivity (Wildman–Crippen MR) is 60.8 cm³/mol. The highest BCUT2D eigenvalue weighted by Gasteiger charge is 2.36. The number of aromatic amines is 1. The van der Waals surface area contributed by atoms with Crippen LogP contribution in [-0.4, -0.2) is 32.4 Å². The molecule has 0 saturated carbocycles. The Hall–Kier alpha value is -1.36. The lowest BCUT2D eigenvalue weighted by Crippen LogP contribution is -2.58. The molecule has 0 aromatic carbocycles. The minimum atomic E-state index is -0.976. The zero-order valence-electron chi connectivity index (χ0n) is 10.2. The Bertz CT molecular complexity index is 350. The van der Waals surface area contributed by atoms with Crippen molar-refractivity contribution in [1.29, 1.82) is 0 Å². The zero-order valence-corrected chi connectivity index (χ0v) is 10.2. The lowest BCUT2D eigenvalue weighted by atomic mass is 9.86. The van der Waals surface area contributed by atoms with Crippen molar-refractivity contribution in [2.75, 3.05) is 0 Å². The summed E-state index contributed by atoms with van der Waals surface area (Å²) in [7, 11) is 0. The van der Waals surface area contributed by atoms with Gasteiger partial charge in [0, 0.05) is 11.9 Å². The summed E-state index contributed by atoms with van der Waals surface area (Å²) in [6.45, 7) is 6.92. The van der Waals surface area contributed by atoms with E-state index in [0.29, 0.717) is 0 Å². The number of nitrogens with one attached hydrogen (secondary N) is 2. The molecule has 0 aliphatic carbocycles. The topological polar surface area (TPSA) is 78.0 Å². The van der Waals surface area contributed by atoms with E-state index in [2.05, 4.69) is 15.5 Å². The highest BCUT2D eigenvalue weighted by Crippen LogP contribution is 2.20. The summed E-state index contributed by atoms with van der Waals surface area (Å²) in [5.74, 6) is -0.142. The second kappa shape index (κ2) is 4.25. The Balaban J connectivity index is 2.58. The number of rotatable bonds is 4. The average molecular weight is 225 g/mol. The molecular weight excluding hydrogens is 206 g/mol. The summed E-state index contributed by atoms with van der Waals surface area (Å²) in [4.78, 5) is 11.7. The summed E-state index contributed by atoms with van der Waals surface area (Å²) in [5, 5.41) is 19.2. The van der Waals surface area contributed by atoms with Crippen molar-refractivity contribution >= 4 is 5.91 Å². The van der Waals surface area contributed by atoms with Crippen LogP contribution in [0.5, 0.6) is 0 Å². The SMILES string of the molecule is CC(C)(O)C(C)(C)NC(=O)Cc1ccn[nH]1. The van der Waals surface area contributed by atoms with Gasteiger partial charge in [0.2, 0.25) is 5.91 Å². The van der Waals surface area contributed by atoms with Gasteiger partial charge in [-0.25, -0.2) is 0 Å². The monoisotopic (exact) mass is 225 g/mol. The second-order valence-electron chi connectivity index (χ2n) is 4.99. The Kier molecular flexibility index (Phi) is 3.38. The fourth-order valence-corrected chi connectivity index (χ4v) is 1.10.